The predicted molar refractivity (Wildman–Crippen MR) is 105 cm³/mol. The normalized spacial score (nSPS) is 18.7. The lowest BCUT2D eigenvalue weighted by Crippen LogP contribution is -2.41. The molecule has 1 saturated heterocycles. The van der Waals surface area contributed by atoms with E-state index in [1.807, 2.05) is 18.2 Å². The number of methoxy groups -OCH3 is 2. The van der Waals surface area contributed by atoms with Gasteiger partial charge in [0, 0.05) is 6.54 Å². The van der Waals surface area contributed by atoms with Crippen LogP contribution in [0.5, 0.6) is 11.5 Å². The lowest BCUT2D eigenvalue weighted by molar-refractivity contribution is -0.143. The van der Waals surface area contributed by atoms with E-state index in [4.69, 9.17) is 9.47 Å². The summed E-state index contributed by atoms with van der Waals surface area (Å²) in [6, 6.07) is 14.4. The monoisotopic (exact) mass is 369 g/mol. The molecule has 1 aliphatic heterocycles. The summed E-state index contributed by atoms with van der Waals surface area (Å²) >= 11 is 0. The third-order valence-electron chi connectivity index (χ3n) is 5.28. The topological polar surface area (TPSA) is 59.0 Å². The Balaban J connectivity index is 2.02. The van der Waals surface area contributed by atoms with E-state index in [0.717, 1.165) is 30.5 Å². The van der Waals surface area contributed by atoms with Crippen LogP contribution in [0.15, 0.2) is 42.5 Å². The van der Waals surface area contributed by atoms with Gasteiger partial charge in [-0.15, -0.1) is 0 Å². The van der Waals surface area contributed by atoms with Crippen LogP contribution in [0.25, 0.3) is 0 Å². The summed E-state index contributed by atoms with van der Waals surface area (Å²) in [5, 5.41) is 9.50. The van der Waals surface area contributed by atoms with Gasteiger partial charge in [0.25, 0.3) is 0 Å². The van der Waals surface area contributed by atoms with Gasteiger partial charge in [0.2, 0.25) is 0 Å². The zero-order valence-corrected chi connectivity index (χ0v) is 16.1. The summed E-state index contributed by atoms with van der Waals surface area (Å²) in [6.45, 7) is 3.48. The number of carboxylic acid groups (broad SMARTS) is 1. The Morgan fingerprint density at radius 2 is 1.74 bits per heavy atom. The molecule has 1 fully saturated rings. The number of ether oxygens (including phenoxy) is 2. The van der Waals surface area contributed by atoms with Crippen molar-refractivity contribution in [3.05, 3.63) is 59.2 Å². The molecule has 5 heteroatoms. The van der Waals surface area contributed by atoms with Gasteiger partial charge in [-0.05, 0) is 49.6 Å². The first-order valence-corrected chi connectivity index (χ1v) is 9.29. The van der Waals surface area contributed by atoms with Crippen LogP contribution in [0.3, 0.4) is 0 Å². The molecular weight excluding hydrogens is 342 g/mol. The average Bonchev–Trinajstić information content (AvgIpc) is 2.69. The van der Waals surface area contributed by atoms with E-state index in [-0.39, 0.29) is 12.0 Å². The lowest BCUT2D eigenvalue weighted by atomic mass is 9.91. The van der Waals surface area contributed by atoms with Crippen molar-refractivity contribution in [3.8, 4) is 11.5 Å². The Bertz CT molecular complexity index is 787. The number of carbonyl (C=O) groups is 1. The molecule has 2 aromatic carbocycles. The second kappa shape index (κ2) is 8.44. The summed E-state index contributed by atoms with van der Waals surface area (Å²) < 4.78 is 10.9. The van der Waals surface area contributed by atoms with Crippen LogP contribution >= 0.6 is 0 Å². The van der Waals surface area contributed by atoms with E-state index in [0.29, 0.717) is 18.0 Å². The Hall–Kier alpha value is -2.53. The van der Waals surface area contributed by atoms with Crippen molar-refractivity contribution in [3.63, 3.8) is 0 Å². The molecule has 2 aromatic rings. The molecule has 0 saturated carbocycles. The molecule has 0 spiro atoms. The second-order valence-electron chi connectivity index (χ2n) is 7.10. The van der Waals surface area contributed by atoms with Gasteiger partial charge in [-0.1, -0.05) is 35.9 Å². The van der Waals surface area contributed by atoms with Crippen LogP contribution in [0.2, 0.25) is 0 Å². The minimum Gasteiger partial charge on any atom is -0.493 e. The molecule has 1 heterocycles. The quantitative estimate of drug-likeness (QED) is 0.837. The van der Waals surface area contributed by atoms with Gasteiger partial charge in [-0.25, -0.2) is 0 Å². The standard InChI is InChI=1S/C22H27NO4/c1-15-6-8-16(9-7-15)21(23-12-4-5-18(14-23)22(24)25)17-10-11-19(26-2)20(13-17)27-3/h6-11,13,18,21H,4-5,12,14H2,1-3H3,(H,24,25). The van der Waals surface area contributed by atoms with Crippen molar-refractivity contribution in [2.75, 3.05) is 27.3 Å². The molecule has 0 bridgehead atoms. The number of piperidine rings is 1. The van der Waals surface area contributed by atoms with E-state index in [9.17, 15) is 9.90 Å². The van der Waals surface area contributed by atoms with Crippen LogP contribution in [0, 0.1) is 12.8 Å². The molecule has 5 nitrogen and oxygen atoms in total. The first-order chi connectivity index (χ1) is 13.0. The zero-order chi connectivity index (χ0) is 19.4. The number of nitrogens with zero attached hydrogens (tertiary/aromatic N) is 1. The SMILES string of the molecule is COc1ccc(C(c2ccc(C)cc2)N2CCCC(C(=O)O)C2)cc1OC. The van der Waals surface area contributed by atoms with Gasteiger partial charge >= 0.3 is 5.97 Å². The number of carboxylic acids is 1. The Labute approximate surface area is 160 Å². The third kappa shape index (κ3) is 4.25. The first-order valence-electron chi connectivity index (χ1n) is 9.29. The number of benzene rings is 2. The average molecular weight is 369 g/mol. The molecular formula is C22H27NO4. The van der Waals surface area contributed by atoms with Gasteiger partial charge in [-0.3, -0.25) is 9.69 Å². The van der Waals surface area contributed by atoms with Crippen molar-refractivity contribution in [1.29, 1.82) is 0 Å². The smallest absolute Gasteiger partial charge is 0.307 e. The fourth-order valence-corrected chi connectivity index (χ4v) is 3.83. The van der Waals surface area contributed by atoms with E-state index in [1.54, 1.807) is 14.2 Å². The van der Waals surface area contributed by atoms with Gasteiger partial charge in [0.05, 0.1) is 26.2 Å². The highest BCUT2D eigenvalue weighted by Crippen LogP contribution is 2.37. The Kier molecular flexibility index (Phi) is 6.01. The van der Waals surface area contributed by atoms with Crippen molar-refractivity contribution >= 4 is 5.97 Å². The minimum atomic E-state index is -0.713. The number of aliphatic carboxylic acids is 1. The molecule has 0 amide bonds. The van der Waals surface area contributed by atoms with Crippen molar-refractivity contribution in [1.82, 2.24) is 4.90 Å². The molecule has 1 aliphatic rings. The third-order valence-corrected chi connectivity index (χ3v) is 5.28. The summed E-state index contributed by atoms with van der Waals surface area (Å²) in [5.41, 5.74) is 3.42. The van der Waals surface area contributed by atoms with Crippen molar-refractivity contribution in [2.45, 2.75) is 25.8 Å². The van der Waals surface area contributed by atoms with E-state index in [1.165, 1.54) is 5.56 Å². The molecule has 0 aromatic heterocycles. The highest BCUT2D eigenvalue weighted by molar-refractivity contribution is 5.70. The van der Waals surface area contributed by atoms with Crippen LogP contribution in [0.4, 0.5) is 0 Å². The fraction of sp³-hybridized carbons (Fsp3) is 0.409. The molecule has 3 rings (SSSR count). The van der Waals surface area contributed by atoms with Gasteiger partial charge < -0.3 is 14.6 Å². The number of likely N-dealkylation sites (tertiary alicyclic amines) is 1. The molecule has 0 radical (unpaired) electrons. The van der Waals surface area contributed by atoms with Crippen LogP contribution in [-0.2, 0) is 4.79 Å². The number of hydrogen-bond acceptors (Lipinski definition) is 4. The van der Waals surface area contributed by atoms with Gasteiger partial charge in [0.15, 0.2) is 11.5 Å². The van der Waals surface area contributed by atoms with Gasteiger partial charge in [-0.2, -0.15) is 0 Å². The molecule has 2 unspecified atom stereocenters. The summed E-state index contributed by atoms with van der Waals surface area (Å²) in [5.74, 6) is 0.325. The highest BCUT2D eigenvalue weighted by Gasteiger charge is 2.31. The Morgan fingerprint density at radius 1 is 1.07 bits per heavy atom. The summed E-state index contributed by atoms with van der Waals surface area (Å²) in [7, 11) is 3.25. The van der Waals surface area contributed by atoms with Crippen LogP contribution < -0.4 is 9.47 Å². The minimum absolute atomic E-state index is 0.0208. The van der Waals surface area contributed by atoms with E-state index < -0.39 is 5.97 Å². The zero-order valence-electron chi connectivity index (χ0n) is 16.1. The first kappa shape index (κ1) is 19.2. The maximum absolute atomic E-state index is 11.6. The molecule has 27 heavy (non-hydrogen) atoms. The Morgan fingerprint density at radius 3 is 2.37 bits per heavy atom. The molecule has 0 aliphatic carbocycles. The molecule has 144 valence electrons. The maximum Gasteiger partial charge on any atom is 0.307 e. The van der Waals surface area contributed by atoms with Crippen LogP contribution in [0.1, 0.15) is 35.6 Å². The summed E-state index contributed by atoms with van der Waals surface area (Å²) in [4.78, 5) is 13.8. The van der Waals surface area contributed by atoms with E-state index in [2.05, 4.69) is 36.1 Å². The lowest BCUT2D eigenvalue weighted by Gasteiger charge is -2.37. The summed E-state index contributed by atoms with van der Waals surface area (Å²) in [6.07, 6.45) is 1.62. The fourth-order valence-electron chi connectivity index (χ4n) is 3.83. The molecule has 1 N–H and O–H groups in total. The molecule has 2 atom stereocenters. The van der Waals surface area contributed by atoms with Crippen molar-refractivity contribution < 1.29 is 19.4 Å². The second-order valence-corrected chi connectivity index (χ2v) is 7.10. The van der Waals surface area contributed by atoms with Gasteiger partial charge in [0.1, 0.15) is 0 Å². The maximum atomic E-state index is 11.6. The van der Waals surface area contributed by atoms with Crippen molar-refractivity contribution in [2.24, 2.45) is 5.92 Å². The number of rotatable bonds is 6. The number of aryl methyl sites for hydroxylation is 1. The van der Waals surface area contributed by atoms with E-state index >= 15 is 0 Å². The largest absolute Gasteiger partial charge is 0.493 e. The predicted octanol–water partition coefficient (Wildman–Crippen LogP) is 3.90. The highest BCUT2D eigenvalue weighted by atomic mass is 16.5. The number of hydrogen-bond donors (Lipinski definition) is 1. The van der Waals surface area contributed by atoms with Crippen LogP contribution in [-0.4, -0.2) is 43.3 Å².